The Morgan fingerprint density at radius 3 is 2.50 bits per heavy atom. The molecule has 0 saturated heterocycles. The summed E-state index contributed by atoms with van der Waals surface area (Å²) in [4.78, 5) is 2.75. The third-order valence-corrected chi connectivity index (χ3v) is 7.04. The van der Waals surface area contributed by atoms with Gasteiger partial charge in [0.1, 0.15) is 9.73 Å². The summed E-state index contributed by atoms with van der Waals surface area (Å²) in [6.07, 6.45) is 0. The van der Waals surface area contributed by atoms with Crippen molar-refractivity contribution in [3.05, 3.63) is 53.6 Å². The highest BCUT2D eigenvalue weighted by molar-refractivity contribution is 8.10. The summed E-state index contributed by atoms with van der Waals surface area (Å²) in [5.41, 5.74) is 2.08. The Kier molecular flexibility index (Phi) is 2.72. The van der Waals surface area contributed by atoms with E-state index in [0.717, 1.165) is 25.8 Å². The fraction of sp³-hybridized carbons (Fsp3) is 0.143. The van der Waals surface area contributed by atoms with Crippen LogP contribution in [-0.2, 0) is 9.73 Å². The maximum Gasteiger partial charge on any atom is 0.117 e. The van der Waals surface area contributed by atoms with Crippen molar-refractivity contribution in [1.82, 2.24) is 0 Å². The molecular formula is C14H13NOS2. The zero-order valence-electron chi connectivity index (χ0n) is 10.2. The number of nitrogens with zero attached hydrogens (tertiary/aromatic N) is 1. The average Bonchev–Trinajstić information content (AvgIpc) is 2.70. The first kappa shape index (κ1) is 11.8. The lowest BCUT2D eigenvalue weighted by Crippen LogP contribution is -2.03. The van der Waals surface area contributed by atoms with E-state index in [-0.39, 0.29) is 0 Å². The Labute approximate surface area is 112 Å². The molecule has 4 heteroatoms. The molecule has 0 amide bonds. The summed E-state index contributed by atoms with van der Waals surface area (Å²) in [7, 11) is -2.47. The molecule has 1 aliphatic rings. The molecule has 2 aromatic carbocycles. The SMILES string of the molecule is Cc1ccccc1S1(=O)=NSc2cccc(C)c21. The van der Waals surface area contributed by atoms with Crippen LogP contribution in [0.15, 0.2) is 60.9 Å². The van der Waals surface area contributed by atoms with Crippen LogP contribution in [0, 0.1) is 13.8 Å². The van der Waals surface area contributed by atoms with Gasteiger partial charge in [0.15, 0.2) is 0 Å². The molecule has 0 radical (unpaired) electrons. The van der Waals surface area contributed by atoms with Crippen LogP contribution in [0.5, 0.6) is 0 Å². The third-order valence-electron chi connectivity index (χ3n) is 3.08. The predicted molar refractivity (Wildman–Crippen MR) is 75.3 cm³/mol. The maximum absolute atomic E-state index is 13.3. The largest absolute Gasteiger partial charge is 0.239 e. The molecule has 0 aliphatic carbocycles. The minimum absolute atomic E-state index is 0.838. The van der Waals surface area contributed by atoms with Crippen molar-refractivity contribution in [2.75, 3.05) is 0 Å². The summed E-state index contributed by atoms with van der Waals surface area (Å²) >= 11 is 1.34. The van der Waals surface area contributed by atoms with Crippen molar-refractivity contribution >= 4 is 21.7 Å². The Balaban J connectivity index is 2.34. The van der Waals surface area contributed by atoms with Crippen molar-refractivity contribution in [2.24, 2.45) is 3.77 Å². The Morgan fingerprint density at radius 2 is 1.72 bits per heavy atom. The van der Waals surface area contributed by atoms with Gasteiger partial charge in [0, 0.05) is 16.8 Å². The lowest BCUT2D eigenvalue weighted by Gasteiger charge is -2.11. The van der Waals surface area contributed by atoms with Gasteiger partial charge in [-0.25, -0.2) is 4.21 Å². The molecule has 0 fully saturated rings. The Morgan fingerprint density at radius 1 is 1.00 bits per heavy atom. The van der Waals surface area contributed by atoms with Crippen molar-refractivity contribution in [2.45, 2.75) is 28.5 Å². The number of benzene rings is 2. The van der Waals surface area contributed by atoms with Crippen LogP contribution in [0.25, 0.3) is 0 Å². The van der Waals surface area contributed by atoms with E-state index in [1.165, 1.54) is 11.9 Å². The van der Waals surface area contributed by atoms with Gasteiger partial charge in [0.2, 0.25) is 0 Å². The van der Waals surface area contributed by atoms with E-state index in [1.54, 1.807) is 0 Å². The first-order chi connectivity index (χ1) is 8.63. The van der Waals surface area contributed by atoms with Gasteiger partial charge in [-0.2, -0.15) is 3.77 Å². The smallest absolute Gasteiger partial charge is 0.117 e. The number of hydrogen-bond donors (Lipinski definition) is 0. The van der Waals surface area contributed by atoms with Crippen molar-refractivity contribution in [1.29, 1.82) is 0 Å². The second-order valence-corrected chi connectivity index (χ2v) is 7.48. The van der Waals surface area contributed by atoms with Gasteiger partial charge >= 0.3 is 0 Å². The second-order valence-electron chi connectivity index (χ2n) is 4.36. The molecule has 1 unspecified atom stereocenters. The molecule has 0 spiro atoms. The summed E-state index contributed by atoms with van der Waals surface area (Å²) in [5, 5.41) is 0. The first-order valence-electron chi connectivity index (χ1n) is 5.72. The third kappa shape index (κ3) is 1.60. The zero-order valence-corrected chi connectivity index (χ0v) is 11.8. The topological polar surface area (TPSA) is 29.4 Å². The lowest BCUT2D eigenvalue weighted by molar-refractivity contribution is 0.676. The molecule has 0 N–H and O–H groups in total. The van der Waals surface area contributed by atoms with E-state index in [0.29, 0.717) is 0 Å². The molecular weight excluding hydrogens is 262 g/mol. The van der Waals surface area contributed by atoms with Gasteiger partial charge in [0.25, 0.3) is 0 Å². The van der Waals surface area contributed by atoms with Gasteiger partial charge in [-0.15, -0.1) is 0 Å². The Hall–Kier alpha value is -1.26. The highest BCUT2D eigenvalue weighted by Crippen LogP contribution is 2.43. The van der Waals surface area contributed by atoms with Crippen LogP contribution in [0.1, 0.15) is 11.1 Å². The van der Waals surface area contributed by atoms with Crippen LogP contribution in [-0.4, -0.2) is 4.21 Å². The average molecular weight is 275 g/mol. The van der Waals surface area contributed by atoms with Crippen LogP contribution in [0.4, 0.5) is 0 Å². The summed E-state index contributed by atoms with van der Waals surface area (Å²) in [6.45, 7) is 3.98. The highest BCUT2D eigenvalue weighted by atomic mass is 32.2. The molecule has 0 aromatic heterocycles. The fourth-order valence-corrected chi connectivity index (χ4v) is 6.23. The molecule has 1 heterocycles. The van der Waals surface area contributed by atoms with Gasteiger partial charge in [-0.05, 0) is 37.1 Å². The summed E-state index contributed by atoms with van der Waals surface area (Å²) in [5.74, 6) is 0. The number of fused-ring (bicyclic) bond motifs is 1. The van der Waals surface area contributed by atoms with Crippen molar-refractivity contribution in [3.8, 4) is 0 Å². The minimum Gasteiger partial charge on any atom is -0.239 e. The number of aryl methyl sites for hydroxylation is 2. The summed E-state index contributed by atoms with van der Waals surface area (Å²) in [6, 6.07) is 13.8. The quantitative estimate of drug-likeness (QED) is 0.730. The normalized spacial score (nSPS) is 21.4. The zero-order chi connectivity index (χ0) is 12.8. The molecule has 18 heavy (non-hydrogen) atoms. The standard InChI is InChI=1S/C14H13NOS2/c1-10-6-3-4-9-13(10)18(16)14-11(2)7-5-8-12(14)17-15-18/h3-9H,1-2H3. The molecule has 92 valence electrons. The van der Waals surface area contributed by atoms with Gasteiger partial charge in [0.05, 0.1) is 9.79 Å². The van der Waals surface area contributed by atoms with Crippen LogP contribution in [0.3, 0.4) is 0 Å². The number of rotatable bonds is 1. The molecule has 0 bridgehead atoms. The Bertz CT molecular complexity index is 743. The highest BCUT2D eigenvalue weighted by Gasteiger charge is 2.28. The van der Waals surface area contributed by atoms with Gasteiger partial charge in [-0.1, -0.05) is 30.3 Å². The summed E-state index contributed by atoms with van der Waals surface area (Å²) < 4.78 is 17.6. The molecule has 3 rings (SSSR count). The maximum atomic E-state index is 13.3. The van der Waals surface area contributed by atoms with Crippen molar-refractivity contribution < 1.29 is 4.21 Å². The first-order valence-corrected chi connectivity index (χ1v) is 8.00. The van der Waals surface area contributed by atoms with Crippen LogP contribution >= 0.6 is 11.9 Å². The molecule has 0 saturated carbocycles. The number of hydrogen-bond acceptors (Lipinski definition) is 3. The monoisotopic (exact) mass is 275 g/mol. The molecule has 2 aromatic rings. The predicted octanol–water partition coefficient (Wildman–Crippen LogP) is 4.21. The van der Waals surface area contributed by atoms with E-state index >= 15 is 0 Å². The van der Waals surface area contributed by atoms with E-state index < -0.39 is 9.73 Å². The lowest BCUT2D eigenvalue weighted by atomic mass is 10.2. The minimum atomic E-state index is -2.47. The van der Waals surface area contributed by atoms with Gasteiger partial charge in [-0.3, -0.25) is 0 Å². The van der Waals surface area contributed by atoms with E-state index in [1.807, 2.05) is 56.3 Å². The van der Waals surface area contributed by atoms with E-state index in [4.69, 9.17) is 0 Å². The molecule has 1 atom stereocenters. The van der Waals surface area contributed by atoms with Crippen LogP contribution in [0.2, 0.25) is 0 Å². The molecule has 2 nitrogen and oxygen atoms in total. The van der Waals surface area contributed by atoms with Gasteiger partial charge < -0.3 is 0 Å². The van der Waals surface area contributed by atoms with E-state index in [2.05, 4.69) is 3.77 Å². The van der Waals surface area contributed by atoms with E-state index in [9.17, 15) is 4.21 Å². The van der Waals surface area contributed by atoms with Crippen molar-refractivity contribution in [3.63, 3.8) is 0 Å². The fourth-order valence-electron chi connectivity index (χ4n) is 2.20. The second kappa shape index (κ2) is 4.14. The molecule has 1 aliphatic heterocycles. The van der Waals surface area contributed by atoms with Crippen LogP contribution < -0.4 is 0 Å².